The van der Waals surface area contributed by atoms with Crippen LogP contribution in [0.2, 0.25) is 5.02 Å². The maximum atomic E-state index is 12.5. The van der Waals surface area contributed by atoms with Crippen LogP contribution in [0.15, 0.2) is 18.2 Å². The van der Waals surface area contributed by atoms with Gasteiger partial charge < -0.3 is 4.74 Å². The van der Waals surface area contributed by atoms with Gasteiger partial charge in [-0.05, 0) is 18.2 Å². The fraction of sp³-hybridized carbons (Fsp3) is 0.300. The molecule has 2 nitrogen and oxygen atoms in total. The Labute approximate surface area is 87.6 Å². The Hall–Kier alpha value is -1.09. The van der Waals surface area contributed by atoms with Gasteiger partial charge in [0.15, 0.2) is 0 Å². The van der Waals surface area contributed by atoms with Crippen molar-refractivity contribution in [2.45, 2.75) is 13.8 Å². The molecule has 0 aliphatic rings. The molecule has 14 heavy (non-hydrogen) atoms. The Bertz CT molecular complexity index is 313. The summed E-state index contributed by atoms with van der Waals surface area (Å²) in [6, 6.07) is 3.50. The number of rotatable bonds is 1. The van der Waals surface area contributed by atoms with E-state index in [4.69, 9.17) is 11.6 Å². The van der Waals surface area contributed by atoms with E-state index in [1.165, 1.54) is 13.2 Å². The third-order valence-electron chi connectivity index (χ3n) is 1.34. The molecule has 0 fully saturated rings. The van der Waals surface area contributed by atoms with E-state index in [1.807, 2.05) is 13.8 Å². The molecule has 78 valence electrons. The fourth-order valence-electron chi connectivity index (χ4n) is 0.765. The SMILES string of the molecule is CC.COC(=O)c1ccc(F)cc1Cl. The Balaban J connectivity index is 0.000000791. The zero-order chi connectivity index (χ0) is 11.1. The fourth-order valence-corrected chi connectivity index (χ4v) is 1.01. The largest absolute Gasteiger partial charge is 0.465 e. The van der Waals surface area contributed by atoms with Gasteiger partial charge in [0, 0.05) is 0 Å². The summed E-state index contributed by atoms with van der Waals surface area (Å²) in [4.78, 5) is 10.9. The second kappa shape index (κ2) is 6.38. The molecule has 1 aromatic carbocycles. The highest BCUT2D eigenvalue weighted by Gasteiger charge is 2.10. The number of halogens is 2. The summed E-state index contributed by atoms with van der Waals surface area (Å²) in [5, 5.41) is 0.0573. The third kappa shape index (κ3) is 3.34. The number of carbonyl (C=O) groups excluding carboxylic acids is 1. The molecule has 0 atom stereocenters. The van der Waals surface area contributed by atoms with Crippen LogP contribution in [0.3, 0.4) is 0 Å². The molecule has 0 aliphatic heterocycles. The van der Waals surface area contributed by atoms with E-state index < -0.39 is 11.8 Å². The number of benzene rings is 1. The zero-order valence-corrected chi connectivity index (χ0v) is 9.06. The second-order valence-corrected chi connectivity index (χ2v) is 2.52. The Morgan fingerprint density at radius 1 is 1.43 bits per heavy atom. The van der Waals surface area contributed by atoms with Gasteiger partial charge in [0.2, 0.25) is 0 Å². The van der Waals surface area contributed by atoms with Crippen molar-refractivity contribution in [1.29, 1.82) is 0 Å². The van der Waals surface area contributed by atoms with Crippen LogP contribution in [0.4, 0.5) is 4.39 Å². The standard InChI is InChI=1S/C8H6ClFO2.C2H6/c1-12-8(11)6-3-2-5(10)4-7(6)9;1-2/h2-4H,1H3;1-2H3. The van der Waals surface area contributed by atoms with Crippen LogP contribution < -0.4 is 0 Å². The van der Waals surface area contributed by atoms with Gasteiger partial charge in [-0.25, -0.2) is 9.18 Å². The average molecular weight is 219 g/mol. The number of ether oxygens (including phenoxy) is 1. The van der Waals surface area contributed by atoms with Gasteiger partial charge in [0.1, 0.15) is 5.82 Å². The monoisotopic (exact) mass is 218 g/mol. The number of methoxy groups -OCH3 is 1. The smallest absolute Gasteiger partial charge is 0.339 e. The summed E-state index contributed by atoms with van der Waals surface area (Å²) < 4.78 is 16.9. The van der Waals surface area contributed by atoms with Gasteiger partial charge in [-0.3, -0.25) is 0 Å². The van der Waals surface area contributed by atoms with E-state index in [9.17, 15) is 9.18 Å². The summed E-state index contributed by atoms with van der Waals surface area (Å²) in [6.07, 6.45) is 0. The number of carbonyl (C=O) groups is 1. The Morgan fingerprint density at radius 2 is 2.00 bits per heavy atom. The van der Waals surface area contributed by atoms with Gasteiger partial charge in [-0.2, -0.15) is 0 Å². The molecule has 0 amide bonds. The minimum Gasteiger partial charge on any atom is -0.465 e. The maximum absolute atomic E-state index is 12.5. The van der Waals surface area contributed by atoms with Crippen LogP contribution >= 0.6 is 11.6 Å². The maximum Gasteiger partial charge on any atom is 0.339 e. The van der Waals surface area contributed by atoms with E-state index in [-0.39, 0.29) is 10.6 Å². The van der Waals surface area contributed by atoms with E-state index in [1.54, 1.807) is 0 Å². The molecule has 4 heteroatoms. The lowest BCUT2D eigenvalue weighted by atomic mass is 10.2. The molecule has 0 heterocycles. The van der Waals surface area contributed by atoms with Crippen molar-refractivity contribution >= 4 is 17.6 Å². The van der Waals surface area contributed by atoms with Crippen LogP contribution in [0.5, 0.6) is 0 Å². The highest BCUT2D eigenvalue weighted by molar-refractivity contribution is 6.33. The highest BCUT2D eigenvalue weighted by Crippen LogP contribution is 2.17. The second-order valence-electron chi connectivity index (χ2n) is 2.12. The molecule has 0 saturated heterocycles. The van der Waals surface area contributed by atoms with Crippen molar-refractivity contribution in [3.63, 3.8) is 0 Å². The van der Waals surface area contributed by atoms with Gasteiger partial charge in [0.25, 0.3) is 0 Å². The van der Waals surface area contributed by atoms with Crippen molar-refractivity contribution in [1.82, 2.24) is 0 Å². The molecule has 0 bridgehead atoms. The lowest BCUT2D eigenvalue weighted by molar-refractivity contribution is 0.0601. The van der Waals surface area contributed by atoms with Crippen LogP contribution in [0, 0.1) is 5.82 Å². The van der Waals surface area contributed by atoms with E-state index in [2.05, 4.69) is 4.74 Å². The molecule has 0 aromatic heterocycles. The van der Waals surface area contributed by atoms with Gasteiger partial charge in [0.05, 0.1) is 17.7 Å². The number of hydrogen-bond donors (Lipinski definition) is 0. The Morgan fingerprint density at radius 3 is 2.43 bits per heavy atom. The first-order valence-electron chi connectivity index (χ1n) is 4.18. The number of hydrogen-bond acceptors (Lipinski definition) is 2. The number of esters is 1. The summed E-state index contributed by atoms with van der Waals surface area (Å²) in [7, 11) is 1.24. The van der Waals surface area contributed by atoms with Gasteiger partial charge in [-0.15, -0.1) is 0 Å². The van der Waals surface area contributed by atoms with Crippen molar-refractivity contribution in [3.8, 4) is 0 Å². The molecule has 1 rings (SSSR count). The van der Waals surface area contributed by atoms with Crippen LogP contribution in [-0.2, 0) is 4.74 Å². The first kappa shape index (κ1) is 12.9. The lowest BCUT2D eigenvalue weighted by Crippen LogP contribution is -2.01. The molecule has 0 unspecified atom stereocenters. The predicted octanol–water partition coefficient (Wildman–Crippen LogP) is 3.29. The highest BCUT2D eigenvalue weighted by atomic mass is 35.5. The van der Waals surface area contributed by atoms with E-state index in [0.717, 1.165) is 12.1 Å². The summed E-state index contributed by atoms with van der Waals surface area (Å²) in [5.74, 6) is -1.05. The summed E-state index contributed by atoms with van der Waals surface area (Å²) in [5.41, 5.74) is 0.167. The summed E-state index contributed by atoms with van der Waals surface area (Å²) >= 11 is 5.56. The average Bonchev–Trinajstić information content (AvgIpc) is 2.20. The van der Waals surface area contributed by atoms with E-state index in [0.29, 0.717) is 0 Å². The minimum absolute atomic E-state index is 0.0573. The lowest BCUT2D eigenvalue weighted by Gasteiger charge is -2.00. The van der Waals surface area contributed by atoms with Crippen molar-refractivity contribution in [2.75, 3.05) is 7.11 Å². The minimum atomic E-state index is -0.569. The zero-order valence-electron chi connectivity index (χ0n) is 8.30. The predicted molar refractivity (Wildman–Crippen MR) is 54.1 cm³/mol. The first-order valence-corrected chi connectivity index (χ1v) is 4.56. The van der Waals surface area contributed by atoms with Gasteiger partial charge >= 0.3 is 5.97 Å². The van der Waals surface area contributed by atoms with Crippen LogP contribution in [-0.4, -0.2) is 13.1 Å². The topological polar surface area (TPSA) is 26.3 Å². The van der Waals surface area contributed by atoms with Crippen LogP contribution in [0.25, 0.3) is 0 Å². The van der Waals surface area contributed by atoms with Crippen molar-refractivity contribution < 1.29 is 13.9 Å². The molecular formula is C10H12ClFO2. The van der Waals surface area contributed by atoms with E-state index >= 15 is 0 Å². The quantitative estimate of drug-likeness (QED) is 0.676. The first-order chi connectivity index (χ1) is 6.65. The molecule has 0 radical (unpaired) electrons. The van der Waals surface area contributed by atoms with Crippen molar-refractivity contribution in [3.05, 3.63) is 34.6 Å². The Kier molecular flexibility index (Phi) is 5.88. The third-order valence-corrected chi connectivity index (χ3v) is 1.65. The molecule has 0 N–H and O–H groups in total. The molecule has 0 aliphatic carbocycles. The normalized spacial score (nSPS) is 8.64. The molecule has 0 spiro atoms. The molecular weight excluding hydrogens is 207 g/mol. The van der Waals surface area contributed by atoms with Crippen LogP contribution in [0.1, 0.15) is 24.2 Å². The molecule has 1 aromatic rings. The van der Waals surface area contributed by atoms with Crippen molar-refractivity contribution in [2.24, 2.45) is 0 Å². The summed E-state index contributed by atoms with van der Waals surface area (Å²) in [6.45, 7) is 4.00. The molecule has 0 saturated carbocycles. The van der Waals surface area contributed by atoms with Gasteiger partial charge in [-0.1, -0.05) is 25.4 Å².